The van der Waals surface area contributed by atoms with Gasteiger partial charge in [0.05, 0.1) is 11.6 Å². The van der Waals surface area contributed by atoms with Crippen LogP contribution in [0.2, 0.25) is 5.02 Å². The molecule has 1 amide bonds. The second-order valence-electron chi connectivity index (χ2n) is 5.81. The van der Waals surface area contributed by atoms with Gasteiger partial charge < -0.3 is 14.7 Å². The smallest absolute Gasteiger partial charge is 0.314 e. The van der Waals surface area contributed by atoms with E-state index in [2.05, 4.69) is 0 Å². The van der Waals surface area contributed by atoms with Crippen molar-refractivity contribution in [3.63, 3.8) is 0 Å². The first-order valence-corrected chi connectivity index (χ1v) is 7.37. The molecule has 2 saturated heterocycles. The molecule has 1 aromatic carbocycles. The molecule has 0 bridgehead atoms. The fraction of sp³-hybridized carbons (Fsp3) is 0.467. The quantitative estimate of drug-likeness (QED) is 0.902. The van der Waals surface area contributed by atoms with E-state index in [0.717, 1.165) is 6.07 Å². The molecule has 2 aliphatic heterocycles. The zero-order valence-corrected chi connectivity index (χ0v) is 12.5. The summed E-state index contributed by atoms with van der Waals surface area (Å²) in [5, 5.41) is 9.43. The Morgan fingerprint density at radius 2 is 2.23 bits per heavy atom. The first-order valence-electron chi connectivity index (χ1n) is 6.99. The Balaban J connectivity index is 1.85. The summed E-state index contributed by atoms with van der Waals surface area (Å²) in [6.45, 7) is 1.08. The summed E-state index contributed by atoms with van der Waals surface area (Å²) in [4.78, 5) is 25.7. The van der Waals surface area contributed by atoms with E-state index in [-0.39, 0.29) is 35.6 Å². The molecule has 0 aromatic heterocycles. The van der Waals surface area contributed by atoms with Gasteiger partial charge in [-0.3, -0.25) is 9.59 Å². The maximum Gasteiger partial charge on any atom is 0.314 e. The second-order valence-corrected chi connectivity index (χ2v) is 6.22. The number of carbonyl (C=O) groups excluding carboxylic acids is 1. The van der Waals surface area contributed by atoms with Crippen LogP contribution >= 0.6 is 11.6 Å². The number of fused-ring (bicyclic) bond motifs is 1. The van der Waals surface area contributed by atoms with Crippen molar-refractivity contribution in [1.82, 2.24) is 4.90 Å². The fourth-order valence-corrected chi connectivity index (χ4v) is 3.44. The zero-order chi connectivity index (χ0) is 15.9. The predicted molar refractivity (Wildman–Crippen MR) is 76.3 cm³/mol. The van der Waals surface area contributed by atoms with Crippen molar-refractivity contribution >= 4 is 23.5 Å². The van der Waals surface area contributed by atoms with Gasteiger partial charge in [-0.1, -0.05) is 11.6 Å². The van der Waals surface area contributed by atoms with Crippen molar-refractivity contribution in [3.05, 3.63) is 34.6 Å². The SMILES string of the molecule is O=C(c1ccc(F)c(Cl)c1)N1C[C@@H]2CCOC[C@]2(C(=O)O)C1. The van der Waals surface area contributed by atoms with Gasteiger partial charge in [-0.2, -0.15) is 0 Å². The first-order chi connectivity index (χ1) is 10.4. The molecule has 2 heterocycles. The molecule has 5 nitrogen and oxygen atoms in total. The van der Waals surface area contributed by atoms with Gasteiger partial charge in [-0.15, -0.1) is 0 Å². The Morgan fingerprint density at radius 1 is 1.45 bits per heavy atom. The van der Waals surface area contributed by atoms with Crippen LogP contribution in [0.4, 0.5) is 4.39 Å². The highest BCUT2D eigenvalue weighted by molar-refractivity contribution is 6.31. The van der Waals surface area contributed by atoms with E-state index < -0.39 is 17.2 Å². The van der Waals surface area contributed by atoms with E-state index >= 15 is 0 Å². The first kappa shape index (κ1) is 15.2. The topological polar surface area (TPSA) is 66.8 Å². The number of rotatable bonds is 2. The number of halogens is 2. The lowest BCUT2D eigenvalue weighted by Gasteiger charge is -2.33. The molecule has 7 heteroatoms. The number of carboxylic acids is 1. The van der Waals surface area contributed by atoms with Crippen LogP contribution in [-0.4, -0.2) is 48.2 Å². The van der Waals surface area contributed by atoms with E-state index in [9.17, 15) is 19.1 Å². The summed E-state index contributed by atoms with van der Waals surface area (Å²) >= 11 is 5.70. The van der Waals surface area contributed by atoms with Crippen molar-refractivity contribution in [2.24, 2.45) is 11.3 Å². The average Bonchev–Trinajstić information content (AvgIpc) is 2.90. The third-order valence-electron chi connectivity index (χ3n) is 4.55. The van der Waals surface area contributed by atoms with Crippen LogP contribution in [-0.2, 0) is 9.53 Å². The van der Waals surface area contributed by atoms with Crippen molar-refractivity contribution in [2.75, 3.05) is 26.3 Å². The van der Waals surface area contributed by atoms with Crippen LogP contribution in [0.15, 0.2) is 18.2 Å². The Kier molecular flexibility index (Phi) is 3.82. The summed E-state index contributed by atoms with van der Waals surface area (Å²) in [6.07, 6.45) is 0.611. The van der Waals surface area contributed by atoms with Gasteiger partial charge in [0.15, 0.2) is 0 Å². The number of benzene rings is 1. The van der Waals surface area contributed by atoms with Crippen LogP contribution in [0.5, 0.6) is 0 Å². The molecule has 0 spiro atoms. The largest absolute Gasteiger partial charge is 0.481 e. The van der Waals surface area contributed by atoms with Gasteiger partial charge in [0.25, 0.3) is 5.91 Å². The molecular formula is C15H15ClFNO4. The normalized spacial score (nSPS) is 27.5. The molecule has 0 saturated carbocycles. The van der Waals surface area contributed by atoms with E-state index in [4.69, 9.17) is 16.3 Å². The lowest BCUT2D eigenvalue weighted by molar-refractivity contribution is -0.159. The monoisotopic (exact) mass is 327 g/mol. The number of aliphatic carboxylic acids is 1. The number of hydrogen-bond acceptors (Lipinski definition) is 3. The standard InChI is InChI=1S/C15H15ClFNO4/c16-11-5-9(1-2-12(11)17)13(19)18-6-10-3-4-22-8-15(10,7-18)14(20)21/h1-2,5,10H,3-4,6-8H2,(H,20,21)/t10-,15+/m0/s1. The number of carbonyl (C=O) groups is 2. The van der Waals surface area contributed by atoms with Crippen LogP contribution in [0.3, 0.4) is 0 Å². The number of hydrogen-bond donors (Lipinski definition) is 1. The minimum atomic E-state index is -1.04. The predicted octanol–water partition coefficient (Wildman–Crippen LogP) is 2.04. The van der Waals surface area contributed by atoms with Gasteiger partial charge in [-0.05, 0) is 30.5 Å². The minimum absolute atomic E-state index is 0.0980. The Morgan fingerprint density at radius 3 is 2.86 bits per heavy atom. The third kappa shape index (κ3) is 2.36. The molecule has 0 aliphatic carbocycles. The highest BCUT2D eigenvalue weighted by Crippen LogP contribution is 2.42. The zero-order valence-electron chi connectivity index (χ0n) is 11.7. The molecule has 2 fully saturated rings. The molecular weight excluding hydrogens is 313 g/mol. The van der Waals surface area contributed by atoms with Gasteiger partial charge in [-0.25, -0.2) is 4.39 Å². The van der Waals surface area contributed by atoms with Gasteiger partial charge >= 0.3 is 5.97 Å². The minimum Gasteiger partial charge on any atom is -0.481 e. The third-order valence-corrected chi connectivity index (χ3v) is 4.83. The highest BCUT2D eigenvalue weighted by Gasteiger charge is 2.55. The number of ether oxygens (including phenoxy) is 1. The Bertz CT molecular complexity index is 638. The number of carboxylic acid groups (broad SMARTS) is 1. The fourth-order valence-electron chi connectivity index (χ4n) is 3.26. The maximum atomic E-state index is 13.2. The van der Waals surface area contributed by atoms with Crippen molar-refractivity contribution in [2.45, 2.75) is 6.42 Å². The lowest BCUT2D eigenvalue weighted by Crippen LogP contribution is -2.46. The maximum absolute atomic E-state index is 13.2. The van der Waals surface area contributed by atoms with Crippen molar-refractivity contribution < 1.29 is 23.8 Å². The number of amides is 1. The summed E-state index contributed by atoms with van der Waals surface area (Å²) in [6, 6.07) is 3.76. The molecule has 22 heavy (non-hydrogen) atoms. The summed E-state index contributed by atoms with van der Waals surface area (Å²) in [5.74, 6) is -2.00. The van der Waals surface area contributed by atoms with E-state index in [0.29, 0.717) is 19.6 Å². The Hall–Kier alpha value is -1.66. The average molecular weight is 328 g/mol. The van der Waals surface area contributed by atoms with Crippen LogP contribution in [0.25, 0.3) is 0 Å². The second kappa shape index (κ2) is 5.52. The summed E-state index contributed by atoms with van der Waals surface area (Å²) in [7, 11) is 0. The van der Waals surface area contributed by atoms with Gasteiger partial charge in [0, 0.05) is 25.3 Å². The van der Waals surface area contributed by atoms with Gasteiger partial charge in [0.1, 0.15) is 11.2 Å². The summed E-state index contributed by atoms with van der Waals surface area (Å²) < 4.78 is 18.5. The molecule has 3 rings (SSSR count). The highest BCUT2D eigenvalue weighted by atomic mass is 35.5. The molecule has 118 valence electrons. The molecule has 1 aromatic rings. The number of nitrogens with zero attached hydrogens (tertiary/aromatic N) is 1. The van der Waals surface area contributed by atoms with Crippen LogP contribution in [0, 0.1) is 17.2 Å². The van der Waals surface area contributed by atoms with Gasteiger partial charge in [0.2, 0.25) is 0 Å². The number of likely N-dealkylation sites (tertiary alicyclic amines) is 1. The lowest BCUT2D eigenvalue weighted by atomic mass is 9.76. The molecule has 0 radical (unpaired) electrons. The van der Waals surface area contributed by atoms with E-state index in [1.807, 2.05) is 0 Å². The van der Waals surface area contributed by atoms with Crippen LogP contribution < -0.4 is 0 Å². The van der Waals surface area contributed by atoms with Crippen molar-refractivity contribution in [3.8, 4) is 0 Å². The molecule has 0 unspecified atom stereocenters. The Labute approximate surface area is 131 Å². The molecule has 2 aliphatic rings. The van der Waals surface area contributed by atoms with Crippen LogP contribution in [0.1, 0.15) is 16.8 Å². The van der Waals surface area contributed by atoms with E-state index in [1.54, 1.807) is 0 Å². The molecule has 1 N–H and O–H groups in total. The summed E-state index contributed by atoms with van der Waals surface area (Å²) in [5.41, 5.74) is -0.788. The van der Waals surface area contributed by atoms with Crippen molar-refractivity contribution in [1.29, 1.82) is 0 Å². The molecule has 2 atom stereocenters. The van der Waals surface area contributed by atoms with E-state index in [1.165, 1.54) is 17.0 Å².